The van der Waals surface area contributed by atoms with Gasteiger partial charge < -0.3 is 19.1 Å². The minimum Gasteiger partial charge on any atom is -0.496 e. The molecule has 2 amide bonds. The van der Waals surface area contributed by atoms with Crippen LogP contribution in [0.4, 0.5) is 0 Å². The molecule has 2 aliphatic heterocycles. The van der Waals surface area contributed by atoms with Crippen molar-refractivity contribution < 1.29 is 14.3 Å². The van der Waals surface area contributed by atoms with E-state index in [9.17, 15) is 9.59 Å². The summed E-state index contributed by atoms with van der Waals surface area (Å²) in [5, 5.41) is 6.78. The van der Waals surface area contributed by atoms with Gasteiger partial charge in [0.05, 0.1) is 18.5 Å². The highest BCUT2D eigenvalue weighted by molar-refractivity contribution is 7.13. The molecular formula is C34H41N5O3S. The predicted octanol–water partition coefficient (Wildman–Crippen LogP) is 6.31. The summed E-state index contributed by atoms with van der Waals surface area (Å²) < 4.78 is 10.1. The Balaban J connectivity index is 1.68. The van der Waals surface area contributed by atoms with Crippen LogP contribution in [0.25, 0.3) is 32.8 Å². The predicted molar refractivity (Wildman–Crippen MR) is 172 cm³/mol. The van der Waals surface area contributed by atoms with Gasteiger partial charge in [-0.3, -0.25) is 14.3 Å². The molecule has 4 aromatic rings. The number of aryl methyl sites for hydroxylation is 3. The van der Waals surface area contributed by atoms with Crippen LogP contribution >= 0.6 is 11.3 Å². The van der Waals surface area contributed by atoms with Crippen LogP contribution in [0.5, 0.6) is 5.75 Å². The molecule has 0 fully saturated rings. The van der Waals surface area contributed by atoms with Gasteiger partial charge in [0, 0.05) is 83.6 Å². The monoisotopic (exact) mass is 599 g/mol. The van der Waals surface area contributed by atoms with Crippen molar-refractivity contribution in [1.29, 1.82) is 0 Å². The van der Waals surface area contributed by atoms with Crippen LogP contribution in [0, 0.1) is 19.8 Å². The number of rotatable bonds is 5. The summed E-state index contributed by atoms with van der Waals surface area (Å²) in [6.45, 7) is 14.3. The molecule has 0 radical (unpaired) electrons. The molecule has 43 heavy (non-hydrogen) atoms. The van der Waals surface area contributed by atoms with E-state index in [1.54, 1.807) is 18.4 Å². The van der Waals surface area contributed by atoms with Crippen LogP contribution in [0.1, 0.15) is 60.7 Å². The van der Waals surface area contributed by atoms with E-state index in [0.717, 1.165) is 61.9 Å². The Morgan fingerprint density at radius 2 is 1.79 bits per heavy atom. The van der Waals surface area contributed by atoms with Crippen molar-refractivity contribution in [1.82, 2.24) is 24.1 Å². The highest BCUT2D eigenvalue weighted by Crippen LogP contribution is 2.49. The van der Waals surface area contributed by atoms with Crippen molar-refractivity contribution in [2.75, 3.05) is 20.2 Å². The van der Waals surface area contributed by atoms with Crippen LogP contribution in [-0.2, 0) is 31.4 Å². The van der Waals surface area contributed by atoms with Gasteiger partial charge in [0.1, 0.15) is 11.4 Å². The zero-order valence-electron chi connectivity index (χ0n) is 26.4. The summed E-state index contributed by atoms with van der Waals surface area (Å²) in [6, 6.07) is 8.60. The normalized spacial score (nSPS) is 15.0. The highest BCUT2D eigenvalue weighted by atomic mass is 32.1. The largest absolute Gasteiger partial charge is 0.496 e. The van der Waals surface area contributed by atoms with Crippen molar-refractivity contribution in [2.45, 2.75) is 67.1 Å². The van der Waals surface area contributed by atoms with Crippen molar-refractivity contribution in [2.24, 2.45) is 13.0 Å². The number of benzene rings is 1. The molecule has 0 spiro atoms. The SMILES string of the molecule is COc1cc2c(cc1-c1c(C)nn(C)c1C)-c1c(-c3cccs3)c3c(n1CC2)C(=O)N(C(C)C)CCN(C(=O)C(C)C)C3. The molecular weight excluding hydrogens is 558 g/mol. The average Bonchev–Trinajstić information content (AvgIpc) is 3.66. The number of carbonyl (C=O) groups is 2. The molecule has 1 aromatic carbocycles. The first kappa shape index (κ1) is 29.2. The highest BCUT2D eigenvalue weighted by Gasteiger charge is 2.38. The third kappa shape index (κ3) is 4.69. The molecule has 3 aromatic heterocycles. The zero-order chi connectivity index (χ0) is 30.7. The van der Waals surface area contributed by atoms with E-state index < -0.39 is 0 Å². The van der Waals surface area contributed by atoms with Crippen molar-refractivity contribution in [3.63, 3.8) is 0 Å². The minimum atomic E-state index is -0.129. The molecule has 226 valence electrons. The van der Waals surface area contributed by atoms with Gasteiger partial charge in [-0.2, -0.15) is 5.10 Å². The summed E-state index contributed by atoms with van der Waals surface area (Å²) in [4.78, 5) is 33.0. The maximum atomic E-state index is 14.5. The molecule has 0 bridgehead atoms. The number of hydrogen-bond acceptors (Lipinski definition) is 5. The van der Waals surface area contributed by atoms with Crippen LogP contribution in [0.2, 0.25) is 0 Å². The molecule has 8 nitrogen and oxygen atoms in total. The van der Waals surface area contributed by atoms with Gasteiger partial charge in [0.2, 0.25) is 5.91 Å². The van der Waals surface area contributed by atoms with Gasteiger partial charge in [0.25, 0.3) is 5.91 Å². The van der Waals surface area contributed by atoms with E-state index in [0.29, 0.717) is 31.9 Å². The van der Waals surface area contributed by atoms with Gasteiger partial charge in [-0.15, -0.1) is 11.3 Å². The summed E-state index contributed by atoms with van der Waals surface area (Å²) in [5.74, 6) is 0.849. The second-order valence-corrected chi connectivity index (χ2v) is 13.3. The van der Waals surface area contributed by atoms with E-state index in [1.165, 1.54) is 5.56 Å². The Morgan fingerprint density at radius 3 is 2.40 bits per heavy atom. The summed E-state index contributed by atoms with van der Waals surface area (Å²) in [7, 11) is 3.69. The van der Waals surface area contributed by atoms with Crippen LogP contribution in [0.15, 0.2) is 29.6 Å². The van der Waals surface area contributed by atoms with E-state index in [-0.39, 0.29) is 23.8 Å². The molecule has 5 heterocycles. The lowest BCUT2D eigenvalue weighted by atomic mass is 9.90. The molecule has 9 heteroatoms. The molecule has 0 saturated carbocycles. The fourth-order valence-corrected chi connectivity index (χ4v) is 7.65. The van der Waals surface area contributed by atoms with E-state index in [4.69, 9.17) is 9.84 Å². The molecule has 0 N–H and O–H groups in total. The van der Waals surface area contributed by atoms with Gasteiger partial charge in [-0.1, -0.05) is 19.9 Å². The number of carbonyl (C=O) groups excluding carboxylic acids is 2. The quantitative estimate of drug-likeness (QED) is 0.269. The molecule has 0 unspecified atom stereocenters. The summed E-state index contributed by atoms with van der Waals surface area (Å²) in [6.07, 6.45) is 0.776. The average molecular weight is 600 g/mol. The summed E-state index contributed by atoms with van der Waals surface area (Å²) in [5.41, 5.74) is 10.1. The second-order valence-electron chi connectivity index (χ2n) is 12.3. The fraction of sp³-hybridized carbons (Fsp3) is 0.441. The number of fused-ring (bicyclic) bond motifs is 5. The van der Waals surface area contributed by atoms with Gasteiger partial charge in [0.15, 0.2) is 0 Å². The first-order valence-corrected chi connectivity index (χ1v) is 16.0. The van der Waals surface area contributed by atoms with Crippen molar-refractivity contribution >= 4 is 23.2 Å². The van der Waals surface area contributed by atoms with Gasteiger partial charge in [-0.25, -0.2) is 0 Å². The third-order valence-corrected chi connectivity index (χ3v) is 9.93. The van der Waals surface area contributed by atoms with Crippen LogP contribution in [0.3, 0.4) is 0 Å². The number of hydrogen-bond donors (Lipinski definition) is 0. The molecule has 0 atom stereocenters. The Kier molecular flexibility index (Phi) is 7.49. The fourth-order valence-electron chi connectivity index (χ4n) is 6.85. The Morgan fingerprint density at radius 1 is 1.02 bits per heavy atom. The van der Waals surface area contributed by atoms with E-state index in [1.807, 2.05) is 42.3 Å². The molecule has 2 aliphatic rings. The first-order chi connectivity index (χ1) is 20.5. The lowest BCUT2D eigenvalue weighted by molar-refractivity contribution is -0.135. The minimum absolute atomic E-state index is 0.00839. The van der Waals surface area contributed by atoms with E-state index in [2.05, 4.69) is 55.0 Å². The van der Waals surface area contributed by atoms with Crippen molar-refractivity contribution in [3.8, 4) is 38.6 Å². The number of aromatic nitrogens is 3. The number of nitrogens with zero attached hydrogens (tertiary/aromatic N) is 5. The maximum absolute atomic E-state index is 14.5. The van der Waals surface area contributed by atoms with E-state index >= 15 is 0 Å². The third-order valence-electron chi connectivity index (χ3n) is 9.05. The molecule has 6 rings (SSSR count). The lowest BCUT2D eigenvalue weighted by Gasteiger charge is -2.35. The summed E-state index contributed by atoms with van der Waals surface area (Å²) >= 11 is 1.67. The van der Waals surface area contributed by atoms with Gasteiger partial charge in [-0.05, 0) is 63.3 Å². The first-order valence-electron chi connectivity index (χ1n) is 15.1. The number of methoxy groups -OCH3 is 1. The van der Waals surface area contributed by atoms with Crippen LogP contribution < -0.4 is 4.74 Å². The second kappa shape index (κ2) is 11.0. The zero-order valence-corrected chi connectivity index (χ0v) is 27.3. The number of thiophene rings is 1. The molecule has 0 aliphatic carbocycles. The standard InChI is InChI=1S/C34H41N5O3S/c1-19(2)33(40)37-13-14-38(20(3)4)34(41)32-26(18-37)30(28-10-9-15-43-28)31-24-17-25(29-21(5)35-36(7)22(29)6)27(42-8)16-23(24)11-12-39(31)32/h9-10,15-17,19-20H,11-14,18H2,1-8H3. The topological polar surface area (TPSA) is 72.6 Å². The van der Waals surface area contributed by atoms with Gasteiger partial charge >= 0.3 is 0 Å². The molecule has 0 saturated heterocycles. The number of amides is 2. The maximum Gasteiger partial charge on any atom is 0.271 e. The Hall–Kier alpha value is -3.85. The smallest absolute Gasteiger partial charge is 0.271 e. The lowest BCUT2D eigenvalue weighted by Crippen LogP contribution is -2.47. The Bertz CT molecular complexity index is 1730. The van der Waals surface area contributed by atoms with Crippen molar-refractivity contribution in [3.05, 3.63) is 57.9 Å². The number of ether oxygens (including phenoxy) is 1. The van der Waals surface area contributed by atoms with Crippen LogP contribution in [-0.4, -0.2) is 62.2 Å². The Labute approximate surface area is 257 Å².